The highest BCUT2D eigenvalue weighted by Crippen LogP contribution is 1.97. The molecule has 0 amide bonds. The molecule has 6 heteroatoms. The Morgan fingerprint density at radius 1 is 1.58 bits per heavy atom. The van der Waals surface area contributed by atoms with Crippen molar-refractivity contribution in [2.45, 2.75) is 0 Å². The van der Waals surface area contributed by atoms with Crippen molar-refractivity contribution in [2.24, 2.45) is 0 Å². The first-order valence-electron chi connectivity index (χ1n) is 3.43. The molecule has 0 bridgehead atoms. The smallest absolute Gasteiger partial charge is 0.213 e. The molecule has 0 fully saturated rings. The van der Waals surface area contributed by atoms with Gasteiger partial charge in [0.1, 0.15) is 0 Å². The van der Waals surface area contributed by atoms with E-state index in [-0.39, 0.29) is 12.3 Å². The Morgan fingerprint density at radius 2 is 2.17 bits per heavy atom. The van der Waals surface area contributed by atoms with Crippen molar-refractivity contribution in [2.75, 3.05) is 25.9 Å². The fourth-order valence-electron chi connectivity index (χ4n) is 0.497. The molecule has 0 spiro atoms. The highest BCUT2D eigenvalue weighted by atomic mass is 79.9. The maximum absolute atomic E-state index is 11.1. The normalized spacial score (nSPS) is 11.5. The highest BCUT2D eigenvalue weighted by Gasteiger charge is 2.07. The van der Waals surface area contributed by atoms with Gasteiger partial charge in [0.15, 0.2) is 0 Å². The Bertz CT molecular complexity index is 238. The van der Waals surface area contributed by atoms with Gasteiger partial charge in [-0.1, -0.05) is 22.5 Å². The third kappa shape index (κ3) is 6.78. The van der Waals surface area contributed by atoms with Crippen LogP contribution in [0.4, 0.5) is 0 Å². The summed E-state index contributed by atoms with van der Waals surface area (Å²) in [6.07, 6.45) is 0. The molecule has 0 unspecified atom stereocenters. The second kappa shape index (κ2) is 5.69. The molecule has 0 aromatic heterocycles. The van der Waals surface area contributed by atoms with Crippen LogP contribution in [-0.2, 0) is 10.0 Å². The minimum absolute atomic E-state index is 0.0871. The topological polar surface area (TPSA) is 58.2 Å². The molecular formula is C6H13BrN2O2S. The number of rotatable bonds is 6. The second-order valence-electron chi connectivity index (χ2n) is 2.26. The summed E-state index contributed by atoms with van der Waals surface area (Å²) in [5, 5.41) is 2.76. The summed E-state index contributed by atoms with van der Waals surface area (Å²) in [4.78, 5) is 0. The highest BCUT2D eigenvalue weighted by molar-refractivity contribution is 9.11. The Kier molecular flexibility index (Phi) is 5.73. The van der Waals surface area contributed by atoms with E-state index in [1.54, 1.807) is 7.05 Å². The maximum Gasteiger partial charge on any atom is 0.213 e. The predicted molar refractivity (Wildman–Crippen MR) is 53.8 cm³/mol. The number of halogens is 1. The standard InChI is InChI=1S/C6H13BrN2O2S/c1-6(7)5-9-12(10,11)4-3-8-2/h8-9H,1,3-5H2,2H3. The molecule has 0 saturated carbocycles. The molecule has 0 aliphatic carbocycles. The van der Waals surface area contributed by atoms with Gasteiger partial charge in [-0.05, 0) is 7.05 Å². The summed E-state index contributed by atoms with van der Waals surface area (Å²) < 4.78 is 25.2. The number of sulfonamides is 1. The zero-order valence-electron chi connectivity index (χ0n) is 6.93. The summed E-state index contributed by atoms with van der Waals surface area (Å²) in [7, 11) is -1.43. The minimum Gasteiger partial charge on any atom is -0.319 e. The first kappa shape index (κ1) is 12.1. The van der Waals surface area contributed by atoms with Gasteiger partial charge in [0, 0.05) is 17.6 Å². The van der Waals surface area contributed by atoms with Gasteiger partial charge in [0.25, 0.3) is 0 Å². The van der Waals surface area contributed by atoms with Crippen molar-refractivity contribution >= 4 is 26.0 Å². The average molecular weight is 257 g/mol. The van der Waals surface area contributed by atoms with E-state index < -0.39 is 10.0 Å². The molecule has 2 N–H and O–H groups in total. The molecule has 4 nitrogen and oxygen atoms in total. The Hall–Kier alpha value is 0.0900. The summed E-state index contributed by atoms with van der Waals surface area (Å²) in [6, 6.07) is 0. The van der Waals surface area contributed by atoms with Crippen LogP contribution in [0.15, 0.2) is 11.1 Å². The number of nitrogens with one attached hydrogen (secondary N) is 2. The van der Waals surface area contributed by atoms with E-state index in [4.69, 9.17) is 0 Å². The van der Waals surface area contributed by atoms with Crippen LogP contribution in [0.2, 0.25) is 0 Å². The molecule has 0 heterocycles. The molecule has 0 atom stereocenters. The van der Waals surface area contributed by atoms with E-state index in [0.717, 1.165) is 0 Å². The fourth-order valence-corrected chi connectivity index (χ4v) is 1.83. The van der Waals surface area contributed by atoms with E-state index in [2.05, 4.69) is 32.5 Å². The maximum atomic E-state index is 11.1. The first-order chi connectivity index (χ1) is 5.48. The van der Waals surface area contributed by atoms with Crippen molar-refractivity contribution in [3.05, 3.63) is 11.1 Å². The van der Waals surface area contributed by atoms with E-state index in [9.17, 15) is 8.42 Å². The van der Waals surface area contributed by atoms with Crippen LogP contribution in [0.25, 0.3) is 0 Å². The minimum atomic E-state index is -3.14. The van der Waals surface area contributed by atoms with Crippen molar-refractivity contribution < 1.29 is 8.42 Å². The SMILES string of the molecule is C=C(Br)CNS(=O)(=O)CCNC. The van der Waals surface area contributed by atoms with Crippen LogP contribution >= 0.6 is 15.9 Å². The van der Waals surface area contributed by atoms with Crippen LogP contribution in [0.3, 0.4) is 0 Å². The third-order valence-electron chi connectivity index (χ3n) is 1.10. The molecule has 0 aliphatic rings. The second-order valence-corrected chi connectivity index (χ2v) is 5.31. The van der Waals surface area contributed by atoms with Crippen LogP contribution in [0, 0.1) is 0 Å². The van der Waals surface area contributed by atoms with Crippen LogP contribution in [-0.4, -0.2) is 34.3 Å². The van der Waals surface area contributed by atoms with E-state index in [1.807, 2.05) is 0 Å². The zero-order valence-corrected chi connectivity index (χ0v) is 9.33. The molecule has 0 saturated heterocycles. The van der Waals surface area contributed by atoms with Gasteiger partial charge in [-0.25, -0.2) is 13.1 Å². The van der Waals surface area contributed by atoms with Gasteiger partial charge in [0.2, 0.25) is 10.0 Å². The summed E-state index contributed by atoms with van der Waals surface area (Å²) in [6.45, 7) is 4.20. The molecular weight excluding hydrogens is 244 g/mol. The van der Waals surface area contributed by atoms with Gasteiger partial charge in [-0.15, -0.1) is 0 Å². The molecule has 0 rings (SSSR count). The van der Waals surface area contributed by atoms with Crippen LogP contribution < -0.4 is 10.0 Å². The predicted octanol–water partition coefficient (Wildman–Crippen LogP) is 0.0338. The van der Waals surface area contributed by atoms with Crippen molar-refractivity contribution in [3.63, 3.8) is 0 Å². The number of hydrogen-bond acceptors (Lipinski definition) is 3. The van der Waals surface area contributed by atoms with Gasteiger partial charge in [-0.2, -0.15) is 0 Å². The Balaban J connectivity index is 3.80. The van der Waals surface area contributed by atoms with Crippen molar-refractivity contribution in [1.29, 1.82) is 0 Å². The first-order valence-corrected chi connectivity index (χ1v) is 5.87. The summed E-state index contributed by atoms with van der Waals surface area (Å²) in [5.74, 6) is 0.0871. The third-order valence-corrected chi connectivity index (χ3v) is 2.71. The van der Waals surface area contributed by atoms with Gasteiger partial charge in [-0.3, -0.25) is 0 Å². The van der Waals surface area contributed by atoms with Crippen LogP contribution in [0.5, 0.6) is 0 Å². The molecule has 0 aromatic rings. The quantitative estimate of drug-likeness (QED) is 0.706. The average Bonchev–Trinajstić information content (AvgIpc) is 1.98. The Morgan fingerprint density at radius 3 is 2.58 bits per heavy atom. The lowest BCUT2D eigenvalue weighted by Gasteiger charge is -2.04. The fraction of sp³-hybridized carbons (Fsp3) is 0.667. The lowest BCUT2D eigenvalue weighted by Crippen LogP contribution is -2.31. The monoisotopic (exact) mass is 256 g/mol. The van der Waals surface area contributed by atoms with E-state index in [1.165, 1.54) is 0 Å². The summed E-state index contributed by atoms with van der Waals surface area (Å²) in [5.41, 5.74) is 0. The van der Waals surface area contributed by atoms with Crippen molar-refractivity contribution in [1.82, 2.24) is 10.0 Å². The van der Waals surface area contributed by atoms with Gasteiger partial charge < -0.3 is 5.32 Å². The molecule has 0 aromatic carbocycles. The summed E-state index contributed by atoms with van der Waals surface area (Å²) >= 11 is 3.06. The zero-order chi connectivity index (χ0) is 9.61. The number of hydrogen-bond donors (Lipinski definition) is 2. The Labute approximate surface area is 81.6 Å². The molecule has 12 heavy (non-hydrogen) atoms. The molecule has 72 valence electrons. The van der Waals surface area contributed by atoms with Gasteiger partial charge >= 0.3 is 0 Å². The lowest BCUT2D eigenvalue weighted by atomic mass is 10.7. The van der Waals surface area contributed by atoms with E-state index in [0.29, 0.717) is 11.0 Å². The van der Waals surface area contributed by atoms with Crippen LogP contribution in [0.1, 0.15) is 0 Å². The molecule has 0 aliphatic heterocycles. The van der Waals surface area contributed by atoms with Gasteiger partial charge in [0.05, 0.1) is 5.75 Å². The largest absolute Gasteiger partial charge is 0.319 e. The molecule has 0 radical (unpaired) electrons. The van der Waals surface area contributed by atoms with Crippen molar-refractivity contribution in [3.8, 4) is 0 Å². The lowest BCUT2D eigenvalue weighted by molar-refractivity contribution is 0.583. The van der Waals surface area contributed by atoms with E-state index >= 15 is 0 Å².